The van der Waals surface area contributed by atoms with Crippen LogP contribution in [0.15, 0.2) is 12.1 Å². The molecule has 0 N–H and O–H groups in total. The summed E-state index contributed by atoms with van der Waals surface area (Å²) in [5.74, 6) is 2.97. The number of carbonyl (C=O) groups is 2. The molecule has 2 fully saturated rings. The Labute approximate surface area is 166 Å². The molecule has 0 spiro atoms. The van der Waals surface area contributed by atoms with Crippen molar-refractivity contribution in [3.63, 3.8) is 0 Å². The van der Waals surface area contributed by atoms with E-state index in [1.165, 1.54) is 19.3 Å². The number of amides is 1. The minimum absolute atomic E-state index is 0.137. The van der Waals surface area contributed by atoms with Gasteiger partial charge < -0.3 is 19.1 Å². The maximum atomic E-state index is 12.5. The normalized spacial score (nSPS) is 25.4. The van der Waals surface area contributed by atoms with Crippen molar-refractivity contribution in [2.24, 2.45) is 17.8 Å². The minimum atomic E-state index is -0.227. The van der Waals surface area contributed by atoms with E-state index in [0.717, 1.165) is 29.9 Å². The summed E-state index contributed by atoms with van der Waals surface area (Å²) >= 11 is 0. The lowest BCUT2D eigenvalue weighted by Gasteiger charge is -2.29. The first kappa shape index (κ1) is 19.1. The number of nitrogens with zero attached hydrogens (tertiary/aromatic N) is 1. The first-order valence-electron chi connectivity index (χ1n) is 10.2. The Morgan fingerprint density at radius 2 is 1.82 bits per heavy atom. The number of fused-ring (bicyclic) bond motifs is 3. The number of methoxy groups -OCH3 is 2. The van der Waals surface area contributed by atoms with E-state index in [4.69, 9.17) is 14.2 Å². The van der Waals surface area contributed by atoms with Gasteiger partial charge in [-0.25, -0.2) is 0 Å². The quantitative estimate of drug-likeness (QED) is 0.702. The van der Waals surface area contributed by atoms with Crippen LogP contribution in [0.3, 0.4) is 0 Å². The van der Waals surface area contributed by atoms with Gasteiger partial charge >= 0.3 is 5.97 Å². The Bertz CT molecular complexity index is 762. The number of hydrogen-bond donors (Lipinski definition) is 0. The molecule has 28 heavy (non-hydrogen) atoms. The first-order chi connectivity index (χ1) is 13.6. The van der Waals surface area contributed by atoms with Crippen molar-refractivity contribution in [3.05, 3.63) is 23.3 Å². The van der Waals surface area contributed by atoms with Crippen molar-refractivity contribution in [1.29, 1.82) is 0 Å². The topological polar surface area (TPSA) is 65.1 Å². The second kappa shape index (κ2) is 8.02. The summed E-state index contributed by atoms with van der Waals surface area (Å²) in [6.45, 7) is 0.950. The summed E-state index contributed by atoms with van der Waals surface area (Å²) in [6.07, 6.45) is 6.22. The van der Waals surface area contributed by atoms with Crippen molar-refractivity contribution in [2.45, 2.75) is 45.1 Å². The number of benzene rings is 1. The number of hydrogen-bond acceptors (Lipinski definition) is 5. The molecule has 6 heteroatoms. The van der Waals surface area contributed by atoms with Gasteiger partial charge in [-0.15, -0.1) is 0 Å². The summed E-state index contributed by atoms with van der Waals surface area (Å²) in [5.41, 5.74) is 2.21. The van der Waals surface area contributed by atoms with Gasteiger partial charge in [0.15, 0.2) is 18.1 Å². The van der Waals surface area contributed by atoms with E-state index in [9.17, 15) is 9.59 Å². The average molecular weight is 387 g/mol. The van der Waals surface area contributed by atoms with E-state index >= 15 is 0 Å². The molecule has 1 aromatic carbocycles. The molecule has 3 atom stereocenters. The van der Waals surface area contributed by atoms with Crippen molar-refractivity contribution >= 4 is 11.9 Å². The highest BCUT2D eigenvalue weighted by Gasteiger charge is 2.40. The molecule has 0 saturated heterocycles. The van der Waals surface area contributed by atoms with Gasteiger partial charge in [-0.2, -0.15) is 0 Å². The summed E-state index contributed by atoms with van der Waals surface area (Å²) in [4.78, 5) is 26.5. The smallest absolute Gasteiger partial charge is 0.306 e. The predicted octanol–water partition coefficient (Wildman–Crippen LogP) is 2.96. The highest BCUT2D eigenvalue weighted by molar-refractivity contribution is 5.81. The maximum absolute atomic E-state index is 12.5. The van der Waals surface area contributed by atoms with Crippen LogP contribution in [0, 0.1) is 17.8 Å². The second-order valence-corrected chi connectivity index (χ2v) is 8.34. The molecule has 1 amide bonds. The fraction of sp³-hybridized carbons (Fsp3) is 0.636. The third-order valence-corrected chi connectivity index (χ3v) is 6.74. The van der Waals surface area contributed by atoms with Crippen LogP contribution in [0.2, 0.25) is 0 Å². The van der Waals surface area contributed by atoms with E-state index in [1.54, 1.807) is 19.1 Å². The number of rotatable bonds is 6. The number of ether oxygens (including phenoxy) is 3. The monoisotopic (exact) mass is 387 g/mol. The van der Waals surface area contributed by atoms with Gasteiger partial charge in [0.2, 0.25) is 0 Å². The van der Waals surface area contributed by atoms with Crippen LogP contribution in [0.4, 0.5) is 0 Å². The molecular weight excluding hydrogens is 358 g/mol. The molecule has 0 aromatic heterocycles. The molecule has 6 nitrogen and oxygen atoms in total. The first-order valence-corrected chi connectivity index (χ1v) is 10.2. The SMILES string of the molecule is COc1cc2c(cc1OC)CN(C(=O)COC(=O)C[C@H]1C[C@H]3CC[C@@H]1C3)CC2. The largest absolute Gasteiger partial charge is 0.493 e. The Kier molecular flexibility index (Phi) is 5.47. The fourth-order valence-electron chi connectivity index (χ4n) is 5.23. The predicted molar refractivity (Wildman–Crippen MR) is 103 cm³/mol. The van der Waals surface area contributed by atoms with Gasteiger partial charge in [0, 0.05) is 19.5 Å². The van der Waals surface area contributed by atoms with Gasteiger partial charge in [-0.3, -0.25) is 9.59 Å². The van der Waals surface area contributed by atoms with Crippen molar-refractivity contribution in [1.82, 2.24) is 4.90 Å². The molecule has 1 aliphatic heterocycles. The zero-order valence-corrected chi connectivity index (χ0v) is 16.7. The van der Waals surface area contributed by atoms with Crippen LogP contribution in [-0.4, -0.2) is 44.1 Å². The lowest BCUT2D eigenvalue weighted by Crippen LogP contribution is -2.38. The molecule has 1 aromatic rings. The van der Waals surface area contributed by atoms with E-state index in [1.807, 2.05) is 12.1 Å². The third kappa shape index (κ3) is 3.82. The van der Waals surface area contributed by atoms with Crippen LogP contribution in [0.5, 0.6) is 11.5 Å². The standard InChI is InChI=1S/C22H29NO5/c1-26-19-9-16-5-6-23(12-18(16)10-20(19)27-2)21(24)13-28-22(25)11-17-8-14-3-4-15(17)7-14/h9-10,14-15,17H,3-8,11-13H2,1-2H3/t14-,15+,17+/m0/s1. The van der Waals surface area contributed by atoms with Crippen LogP contribution in [0.25, 0.3) is 0 Å². The van der Waals surface area contributed by atoms with E-state index in [-0.39, 0.29) is 18.5 Å². The molecule has 0 unspecified atom stereocenters. The molecule has 2 saturated carbocycles. The Morgan fingerprint density at radius 3 is 2.46 bits per heavy atom. The molecule has 2 aliphatic carbocycles. The third-order valence-electron chi connectivity index (χ3n) is 6.74. The zero-order chi connectivity index (χ0) is 19.7. The Hall–Kier alpha value is -2.24. The molecule has 152 valence electrons. The van der Waals surface area contributed by atoms with Gasteiger partial charge in [-0.05, 0) is 66.7 Å². The van der Waals surface area contributed by atoms with Crippen LogP contribution >= 0.6 is 0 Å². The molecular formula is C22H29NO5. The highest BCUT2D eigenvalue weighted by atomic mass is 16.5. The Morgan fingerprint density at radius 1 is 1.07 bits per heavy atom. The second-order valence-electron chi connectivity index (χ2n) is 8.34. The molecule has 1 heterocycles. The van der Waals surface area contributed by atoms with Gasteiger partial charge in [0.1, 0.15) is 0 Å². The highest BCUT2D eigenvalue weighted by Crippen LogP contribution is 2.49. The van der Waals surface area contributed by atoms with Crippen molar-refractivity contribution < 1.29 is 23.8 Å². The van der Waals surface area contributed by atoms with E-state index in [2.05, 4.69) is 0 Å². The van der Waals surface area contributed by atoms with E-state index < -0.39 is 0 Å². The summed E-state index contributed by atoms with van der Waals surface area (Å²) in [5, 5.41) is 0. The number of carbonyl (C=O) groups excluding carboxylic acids is 2. The van der Waals surface area contributed by atoms with Crippen LogP contribution < -0.4 is 9.47 Å². The number of esters is 1. The average Bonchev–Trinajstić information content (AvgIpc) is 3.33. The minimum Gasteiger partial charge on any atom is -0.493 e. The summed E-state index contributed by atoms with van der Waals surface area (Å²) in [6, 6.07) is 3.90. The summed E-state index contributed by atoms with van der Waals surface area (Å²) in [7, 11) is 3.22. The molecule has 0 radical (unpaired) electrons. The molecule has 2 bridgehead atoms. The maximum Gasteiger partial charge on any atom is 0.306 e. The zero-order valence-electron chi connectivity index (χ0n) is 16.7. The van der Waals surface area contributed by atoms with E-state index in [0.29, 0.717) is 42.8 Å². The van der Waals surface area contributed by atoms with Crippen LogP contribution in [0.1, 0.15) is 43.2 Å². The van der Waals surface area contributed by atoms with Crippen LogP contribution in [-0.2, 0) is 27.3 Å². The lowest BCUT2D eigenvalue weighted by atomic mass is 9.86. The molecule has 3 aliphatic rings. The van der Waals surface area contributed by atoms with Gasteiger partial charge in [-0.1, -0.05) is 6.42 Å². The fourth-order valence-corrected chi connectivity index (χ4v) is 5.23. The van der Waals surface area contributed by atoms with Gasteiger partial charge in [0.05, 0.1) is 14.2 Å². The van der Waals surface area contributed by atoms with Gasteiger partial charge in [0.25, 0.3) is 5.91 Å². The van der Waals surface area contributed by atoms with Crippen molar-refractivity contribution in [3.8, 4) is 11.5 Å². The Balaban J connectivity index is 1.29. The van der Waals surface area contributed by atoms with Crippen molar-refractivity contribution in [2.75, 3.05) is 27.4 Å². The summed E-state index contributed by atoms with van der Waals surface area (Å²) < 4.78 is 16.0. The lowest BCUT2D eigenvalue weighted by molar-refractivity contribution is -0.153. The molecule has 4 rings (SSSR count).